The number of nitrogens with zero attached hydrogens (tertiary/aromatic N) is 1. The Morgan fingerprint density at radius 1 is 1.19 bits per heavy atom. The molecule has 2 aromatic rings. The molecule has 1 spiro atoms. The van der Waals surface area contributed by atoms with Gasteiger partial charge in [0.05, 0.1) is 12.3 Å². The Bertz CT molecular complexity index is 1100. The van der Waals surface area contributed by atoms with E-state index in [0.717, 1.165) is 62.0 Å². The fourth-order valence-corrected chi connectivity index (χ4v) is 7.10. The zero-order valence-corrected chi connectivity index (χ0v) is 23.4. The second kappa shape index (κ2) is 11.8. The summed E-state index contributed by atoms with van der Waals surface area (Å²) in [6, 6.07) is 13.6. The van der Waals surface area contributed by atoms with Gasteiger partial charge in [-0.2, -0.15) is 0 Å². The summed E-state index contributed by atoms with van der Waals surface area (Å²) >= 11 is 0.956. The average Bonchev–Trinajstić information content (AvgIpc) is 3.03. The molecule has 3 aliphatic rings. The first-order valence-electron chi connectivity index (χ1n) is 14.2. The molecule has 0 amide bonds. The molecule has 5 heteroatoms. The largest absolute Gasteiger partial charge is 0.490 e. The van der Waals surface area contributed by atoms with Gasteiger partial charge in [-0.1, -0.05) is 48.9 Å². The van der Waals surface area contributed by atoms with Crippen LogP contribution in [-0.4, -0.2) is 30.0 Å². The highest BCUT2D eigenvalue weighted by Gasteiger charge is 2.43. The van der Waals surface area contributed by atoms with E-state index in [1.807, 2.05) is 0 Å². The van der Waals surface area contributed by atoms with Gasteiger partial charge in [0.15, 0.2) is 0 Å². The zero-order chi connectivity index (χ0) is 25.8. The van der Waals surface area contributed by atoms with Crippen LogP contribution in [0.5, 0.6) is 5.75 Å². The molecule has 1 heterocycles. The van der Waals surface area contributed by atoms with Gasteiger partial charge in [0.1, 0.15) is 5.75 Å². The van der Waals surface area contributed by atoms with Gasteiger partial charge in [0.25, 0.3) is 0 Å². The Hall–Kier alpha value is -1.95. The maximum Gasteiger partial charge on any atom is 0.142 e. The first kappa shape index (κ1) is 26.6. The van der Waals surface area contributed by atoms with Crippen LogP contribution < -0.4 is 15.4 Å². The van der Waals surface area contributed by atoms with E-state index in [0.29, 0.717) is 18.4 Å². The summed E-state index contributed by atoms with van der Waals surface area (Å²) in [6.45, 7) is 7.81. The molecule has 5 rings (SSSR count). The fourth-order valence-electron chi connectivity index (χ4n) is 6.71. The second-order valence-corrected chi connectivity index (χ2v) is 12.5. The summed E-state index contributed by atoms with van der Waals surface area (Å²) in [5, 5.41) is 0. The van der Waals surface area contributed by atoms with Crippen LogP contribution in [0, 0.1) is 24.7 Å². The third-order valence-electron chi connectivity index (χ3n) is 9.06. The number of anilines is 1. The predicted molar refractivity (Wildman–Crippen MR) is 157 cm³/mol. The van der Waals surface area contributed by atoms with Crippen LogP contribution in [0.15, 0.2) is 48.6 Å². The molecule has 4 nitrogen and oxygen atoms in total. The molecule has 1 fully saturated rings. The van der Waals surface area contributed by atoms with E-state index in [1.54, 1.807) is 0 Å². The summed E-state index contributed by atoms with van der Waals surface area (Å²) in [4.78, 5) is 2.66. The van der Waals surface area contributed by atoms with Gasteiger partial charge >= 0.3 is 0 Å². The van der Waals surface area contributed by atoms with Crippen molar-refractivity contribution in [2.45, 2.75) is 70.8 Å². The summed E-state index contributed by atoms with van der Waals surface area (Å²) in [6.07, 6.45) is 13.1. The highest BCUT2D eigenvalue weighted by molar-refractivity contribution is 7.93. The number of benzene rings is 2. The highest BCUT2D eigenvalue weighted by Crippen LogP contribution is 2.46. The minimum atomic E-state index is 0.0309. The van der Waals surface area contributed by atoms with Crippen molar-refractivity contribution in [1.29, 1.82) is 0 Å². The molecular weight excluding hydrogens is 476 g/mol. The molecule has 1 aliphatic heterocycles. The summed E-state index contributed by atoms with van der Waals surface area (Å²) in [5.74, 6) is 3.80. The standard InChI is InChI=1S/C32H44N2O2S/c1-23-9-13-29-27(16-23)8-5-15-32(29)21-34(30-17-25(18-33)10-14-31(30)36-22-32)19-28-12-11-26(28)7-4-3-6-24(2)20-37-35/h3-4,9-10,13-14,16-17,24,26,28,35H,5-8,11-12,15,18-22,33H2,1-2H3/b4-3+/t24-,26+,28-,32-/m0/s1. The number of allylic oxidation sites excluding steroid dienone is 2. The van der Waals surface area contributed by atoms with Gasteiger partial charge in [-0.05, 0) is 110 Å². The van der Waals surface area contributed by atoms with Gasteiger partial charge < -0.3 is 19.9 Å². The quantitative estimate of drug-likeness (QED) is 0.272. The van der Waals surface area contributed by atoms with Crippen LogP contribution in [0.3, 0.4) is 0 Å². The lowest BCUT2D eigenvalue weighted by atomic mass is 9.68. The van der Waals surface area contributed by atoms with Crippen LogP contribution in [0.1, 0.15) is 67.7 Å². The molecule has 0 saturated heterocycles. The van der Waals surface area contributed by atoms with Crippen LogP contribution in [0.2, 0.25) is 0 Å². The van der Waals surface area contributed by atoms with E-state index in [-0.39, 0.29) is 5.41 Å². The number of nitrogens with two attached hydrogens (primary N) is 1. The van der Waals surface area contributed by atoms with E-state index in [4.69, 9.17) is 15.0 Å². The predicted octanol–water partition coefficient (Wildman–Crippen LogP) is 7.13. The molecule has 4 atom stereocenters. The highest BCUT2D eigenvalue weighted by atomic mass is 32.2. The minimum Gasteiger partial charge on any atom is -0.490 e. The average molecular weight is 521 g/mol. The molecule has 200 valence electrons. The third kappa shape index (κ3) is 5.89. The van der Waals surface area contributed by atoms with E-state index >= 15 is 0 Å². The number of aryl methyl sites for hydroxylation is 2. The molecule has 0 unspecified atom stereocenters. The van der Waals surface area contributed by atoms with Gasteiger partial charge in [-0.15, -0.1) is 0 Å². The number of ether oxygens (including phenoxy) is 1. The monoisotopic (exact) mass is 520 g/mol. The summed E-state index contributed by atoms with van der Waals surface area (Å²) in [5.41, 5.74) is 12.9. The maximum absolute atomic E-state index is 9.07. The number of hydrogen-bond donors (Lipinski definition) is 2. The number of hydrogen-bond acceptors (Lipinski definition) is 5. The molecular formula is C32H44N2O2S. The Balaban J connectivity index is 1.37. The minimum absolute atomic E-state index is 0.0309. The van der Waals surface area contributed by atoms with E-state index < -0.39 is 0 Å². The van der Waals surface area contributed by atoms with E-state index in [2.05, 4.69) is 67.3 Å². The van der Waals surface area contributed by atoms with Crippen LogP contribution in [0.25, 0.3) is 0 Å². The van der Waals surface area contributed by atoms with Crippen molar-refractivity contribution < 1.29 is 9.29 Å². The number of rotatable bonds is 9. The topological polar surface area (TPSA) is 58.7 Å². The van der Waals surface area contributed by atoms with Crippen molar-refractivity contribution >= 4 is 17.7 Å². The maximum atomic E-state index is 9.07. The van der Waals surface area contributed by atoms with Crippen LogP contribution in [-0.2, 0) is 18.4 Å². The van der Waals surface area contributed by atoms with E-state index in [9.17, 15) is 0 Å². The normalized spacial score (nSPS) is 25.8. The molecule has 0 aromatic heterocycles. The smallest absolute Gasteiger partial charge is 0.142 e. The van der Waals surface area contributed by atoms with E-state index in [1.165, 1.54) is 60.0 Å². The van der Waals surface area contributed by atoms with Crippen molar-refractivity contribution in [1.82, 2.24) is 0 Å². The molecule has 2 aromatic carbocycles. The lowest BCUT2D eigenvalue weighted by molar-refractivity contribution is 0.174. The number of fused-ring (bicyclic) bond motifs is 3. The summed E-state index contributed by atoms with van der Waals surface area (Å²) in [7, 11) is 0. The SMILES string of the molecule is Cc1ccc2c(c1)CCC[C@]21COc2ccc(CN)cc2N(C[C@@H]2CC[C@H]2C/C=C/C[C@H](C)CSO)C1. The molecule has 0 radical (unpaired) electrons. The summed E-state index contributed by atoms with van der Waals surface area (Å²) < 4.78 is 15.7. The fraction of sp³-hybridized carbons (Fsp3) is 0.562. The first-order chi connectivity index (χ1) is 18.0. The Morgan fingerprint density at radius 3 is 2.84 bits per heavy atom. The Labute approximate surface area is 227 Å². The third-order valence-corrected chi connectivity index (χ3v) is 9.78. The van der Waals surface area contributed by atoms with Crippen molar-refractivity contribution in [3.8, 4) is 5.75 Å². The van der Waals surface area contributed by atoms with Gasteiger partial charge in [0, 0.05) is 30.8 Å². The zero-order valence-electron chi connectivity index (χ0n) is 22.6. The first-order valence-corrected chi connectivity index (χ1v) is 15.2. The van der Waals surface area contributed by atoms with Crippen molar-refractivity contribution in [2.24, 2.45) is 23.5 Å². The second-order valence-electron chi connectivity index (χ2n) is 11.9. The van der Waals surface area contributed by atoms with Gasteiger partial charge in [-0.25, -0.2) is 0 Å². The Kier molecular flexibility index (Phi) is 8.53. The molecule has 3 N–H and O–H groups in total. The van der Waals surface area contributed by atoms with Gasteiger partial charge in [0.2, 0.25) is 0 Å². The van der Waals surface area contributed by atoms with Crippen molar-refractivity contribution in [2.75, 3.05) is 30.3 Å². The molecule has 2 aliphatic carbocycles. The molecule has 0 bridgehead atoms. The lowest BCUT2D eigenvalue weighted by Crippen LogP contribution is -2.48. The lowest BCUT2D eigenvalue weighted by Gasteiger charge is -2.44. The van der Waals surface area contributed by atoms with Gasteiger partial charge in [-0.3, -0.25) is 0 Å². The van der Waals surface area contributed by atoms with Crippen molar-refractivity contribution in [3.05, 3.63) is 70.8 Å². The van der Waals surface area contributed by atoms with Crippen LogP contribution >= 0.6 is 12.0 Å². The van der Waals surface area contributed by atoms with Crippen LogP contribution in [0.4, 0.5) is 5.69 Å². The molecule has 37 heavy (non-hydrogen) atoms. The molecule has 1 saturated carbocycles. The Morgan fingerprint density at radius 2 is 2.05 bits per heavy atom. The van der Waals surface area contributed by atoms with Crippen molar-refractivity contribution in [3.63, 3.8) is 0 Å².